The van der Waals surface area contributed by atoms with Gasteiger partial charge in [0.1, 0.15) is 11.6 Å². The van der Waals surface area contributed by atoms with Crippen molar-refractivity contribution in [3.05, 3.63) is 29.6 Å². The number of halogens is 1. The number of carbonyl (C=O) groups excluding carboxylic acids is 2. The Balaban J connectivity index is 1.88. The fourth-order valence-corrected chi connectivity index (χ4v) is 2.77. The van der Waals surface area contributed by atoms with Crippen LogP contribution < -0.4 is 5.32 Å². The predicted octanol–water partition coefficient (Wildman–Crippen LogP) is 2.05. The van der Waals surface area contributed by atoms with Gasteiger partial charge in [0.25, 0.3) is 5.91 Å². The molecule has 2 rings (SSSR count). The average molecular weight is 308 g/mol. The third-order valence-corrected chi connectivity index (χ3v) is 3.99. The maximum Gasteiger partial charge on any atom is 0.255 e. The summed E-state index contributed by atoms with van der Waals surface area (Å²) in [5.74, 6) is -1.17. The molecule has 22 heavy (non-hydrogen) atoms. The van der Waals surface area contributed by atoms with E-state index in [9.17, 15) is 19.1 Å². The molecule has 2 N–H and O–H groups in total. The number of phenolic OH excluding ortho intramolecular Hbond substituents is 1. The summed E-state index contributed by atoms with van der Waals surface area (Å²) in [4.78, 5) is 25.6. The molecule has 120 valence electrons. The number of carbonyl (C=O) groups is 2. The van der Waals surface area contributed by atoms with Crippen molar-refractivity contribution in [1.29, 1.82) is 0 Å². The van der Waals surface area contributed by atoms with Gasteiger partial charge in [-0.05, 0) is 37.5 Å². The summed E-state index contributed by atoms with van der Waals surface area (Å²) < 4.78 is 13.1. The quantitative estimate of drug-likeness (QED) is 0.845. The second-order valence-electron chi connectivity index (χ2n) is 5.46. The molecule has 0 saturated carbocycles. The molecule has 1 saturated heterocycles. The minimum Gasteiger partial charge on any atom is -0.507 e. The lowest BCUT2D eigenvalue weighted by molar-refractivity contribution is -0.129. The number of nitrogens with zero attached hydrogens (tertiary/aromatic N) is 1. The van der Waals surface area contributed by atoms with Crippen LogP contribution in [0.5, 0.6) is 5.75 Å². The maximum atomic E-state index is 13.1. The van der Waals surface area contributed by atoms with E-state index in [0.29, 0.717) is 19.4 Å². The van der Waals surface area contributed by atoms with E-state index in [-0.39, 0.29) is 23.3 Å². The molecule has 0 radical (unpaired) electrons. The first-order valence-electron chi connectivity index (χ1n) is 7.59. The number of benzene rings is 1. The molecule has 5 nitrogen and oxygen atoms in total. The average Bonchev–Trinajstić information content (AvgIpc) is 2.92. The van der Waals surface area contributed by atoms with E-state index >= 15 is 0 Å². The van der Waals surface area contributed by atoms with Gasteiger partial charge in [0.15, 0.2) is 0 Å². The highest BCUT2D eigenvalue weighted by atomic mass is 19.1. The number of hydrogen-bond donors (Lipinski definition) is 2. The van der Waals surface area contributed by atoms with Crippen molar-refractivity contribution in [2.45, 2.75) is 38.6 Å². The molecule has 0 bridgehead atoms. The lowest BCUT2D eigenvalue weighted by atomic mass is 10.1. The first-order valence-corrected chi connectivity index (χ1v) is 7.59. The van der Waals surface area contributed by atoms with Crippen LogP contribution in [0.1, 0.15) is 43.0 Å². The molecule has 1 heterocycles. The Bertz CT molecular complexity index is 562. The van der Waals surface area contributed by atoms with Gasteiger partial charge in [0.2, 0.25) is 5.91 Å². The van der Waals surface area contributed by atoms with Gasteiger partial charge in [0, 0.05) is 25.6 Å². The Labute approximate surface area is 129 Å². The van der Waals surface area contributed by atoms with Crippen LogP contribution in [0.2, 0.25) is 0 Å². The van der Waals surface area contributed by atoms with E-state index in [4.69, 9.17) is 0 Å². The van der Waals surface area contributed by atoms with Crippen LogP contribution in [0.4, 0.5) is 4.39 Å². The monoisotopic (exact) mass is 308 g/mol. The summed E-state index contributed by atoms with van der Waals surface area (Å²) >= 11 is 0. The van der Waals surface area contributed by atoms with E-state index in [1.807, 2.05) is 11.8 Å². The van der Waals surface area contributed by atoms with Crippen molar-refractivity contribution in [2.24, 2.45) is 0 Å². The smallest absolute Gasteiger partial charge is 0.255 e. The van der Waals surface area contributed by atoms with Gasteiger partial charge >= 0.3 is 0 Å². The highest BCUT2D eigenvalue weighted by Gasteiger charge is 2.26. The van der Waals surface area contributed by atoms with Crippen LogP contribution in [0.25, 0.3) is 0 Å². The Kier molecular flexibility index (Phi) is 5.35. The minimum absolute atomic E-state index is 0.0784. The van der Waals surface area contributed by atoms with Gasteiger partial charge in [-0.3, -0.25) is 9.59 Å². The summed E-state index contributed by atoms with van der Waals surface area (Å²) in [6.07, 6.45) is 2.95. The summed E-state index contributed by atoms with van der Waals surface area (Å²) in [5, 5.41) is 12.3. The number of hydrogen-bond acceptors (Lipinski definition) is 3. The molecular formula is C16H21FN2O3. The lowest BCUT2D eigenvalue weighted by Crippen LogP contribution is -2.38. The zero-order chi connectivity index (χ0) is 16.1. The molecule has 0 unspecified atom stereocenters. The van der Waals surface area contributed by atoms with E-state index in [2.05, 4.69) is 5.32 Å². The molecule has 6 heteroatoms. The SMILES string of the molecule is CC[C@H](CCNC(=O)c1cc(F)ccc1O)N1CCCC1=O. The van der Waals surface area contributed by atoms with Gasteiger partial charge < -0.3 is 15.3 Å². The predicted molar refractivity (Wildman–Crippen MR) is 80.0 cm³/mol. The van der Waals surface area contributed by atoms with Gasteiger partial charge in [-0.25, -0.2) is 4.39 Å². The molecular weight excluding hydrogens is 287 g/mol. The number of aromatic hydroxyl groups is 1. The van der Waals surface area contributed by atoms with Crippen LogP contribution in [-0.4, -0.2) is 41.0 Å². The summed E-state index contributed by atoms with van der Waals surface area (Å²) in [6, 6.07) is 3.36. The highest BCUT2D eigenvalue weighted by Crippen LogP contribution is 2.19. The van der Waals surface area contributed by atoms with Crippen molar-refractivity contribution in [3.63, 3.8) is 0 Å². The number of rotatable bonds is 6. The van der Waals surface area contributed by atoms with Crippen LogP contribution in [-0.2, 0) is 4.79 Å². The molecule has 0 spiro atoms. The fraction of sp³-hybridized carbons (Fsp3) is 0.500. The first-order chi connectivity index (χ1) is 10.5. The molecule has 1 atom stereocenters. The lowest BCUT2D eigenvalue weighted by Gasteiger charge is -2.26. The minimum atomic E-state index is -0.572. The van der Waals surface area contributed by atoms with E-state index in [1.165, 1.54) is 0 Å². The molecule has 0 aromatic heterocycles. The molecule has 1 aliphatic heterocycles. The van der Waals surface area contributed by atoms with Crippen molar-refractivity contribution < 1.29 is 19.1 Å². The molecule has 1 aromatic carbocycles. The number of likely N-dealkylation sites (tertiary alicyclic amines) is 1. The standard InChI is InChI=1S/C16H21FN2O3/c1-2-12(19-9-3-4-15(19)21)7-8-18-16(22)13-10-11(17)5-6-14(13)20/h5-6,10,12,20H,2-4,7-9H2,1H3,(H,18,22)/t12-/m1/s1. The number of amides is 2. The fourth-order valence-electron chi connectivity index (χ4n) is 2.77. The third-order valence-electron chi connectivity index (χ3n) is 3.99. The highest BCUT2D eigenvalue weighted by molar-refractivity contribution is 5.96. The Morgan fingerprint density at radius 2 is 2.27 bits per heavy atom. The summed E-state index contributed by atoms with van der Waals surface area (Å²) in [5.41, 5.74) is -0.0784. The maximum absolute atomic E-state index is 13.1. The Morgan fingerprint density at radius 3 is 2.91 bits per heavy atom. The molecule has 1 fully saturated rings. The first kappa shape index (κ1) is 16.3. The van der Waals surface area contributed by atoms with Crippen LogP contribution in [0.3, 0.4) is 0 Å². The van der Waals surface area contributed by atoms with Crippen molar-refractivity contribution in [3.8, 4) is 5.75 Å². The topological polar surface area (TPSA) is 69.6 Å². The second-order valence-corrected chi connectivity index (χ2v) is 5.46. The van der Waals surface area contributed by atoms with Crippen molar-refractivity contribution >= 4 is 11.8 Å². The third kappa shape index (κ3) is 3.75. The largest absolute Gasteiger partial charge is 0.507 e. The molecule has 2 amide bonds. The zero-order valence-electron chi connectivity index (χ0n) is 12.6. The van der Waals surface area contributed by atoms with Gasteiger partial charge in [-0.2, -0.15) is 0 Å². The summed E-state index contributed by atoms with van der Waals surface area (Å²) in [7, 11) is 0. The van der Waals surface area contributed by atoms with Gasteiger partial charge in [-0.1, -0.05) is 6.92 Å². The Hall–Kier alpha value is -2.11. The molecule has 0 aliphatic carbocycles. The van der Waals surface area contributed by atoms with Gasteiger partial charge in [0.05, 0.1) is 5.56 Å². The van der Waals surface area contributed by atoms with Gasteiger partial charge in [-0.15, -0.1) is 0 Å². The van der Waals surface area contributed by atoms with Crippen molar-refractivity contribution in [1.82, 2.24) is 10.2 Å². The van der Waals surface area contributed by atoms with E-state index in [1.54, 1.807) is 0 Å². The number of nitrogens with one attached hydrogen (secondary N) is 1. The molecule has 1 aromatic rings. The van der Waals surface area contributed by atoms with Crippen LogP contribution in [0, 0.1) is 5.82 Å². The molecule has 1 aliphatic rings. The second kappa shape index (κ2) is 7.24. The van der Waals surface area contributed by atoms with Crippen LogP contribution in [0.15, 0.2) is 18.2 Å². The Morgan fingerprint density at radius 1 is 1.50 bits per heavy atom. The zero-order valence-corrected chi connectivity index (χ0v) is 12.6. The van der Waals surface area contributed by atoms with Crippen LogP contribution >= 0.6 is 0 Å². The van der Waals surface area contributed by atoms with E-state index in [0.717, 1.165) is 37.6 Å². The number of phenols is 1. The summed E-state index contributed by atoms with van der Waals surface area (Å²) in [6.45, 7) is 3.16. The normalized spacial score (nSPS) is 15.9. The van der Waals surface area contributed by atoms with E-state index < -0.39 is 11.7 Å². The van der Waals surface area contributed by atoms with Crippen molar-refractivity contribution in [2.75, 3.05) is 13.1 Å².